The molecule has 0 saturated carbocycles. The minimum absolute atomic E-state index is 0.122. The van der Waals surface area contributed by atoms with Gasteiger partial charge in [0.05, 0.1) is 17.4 Å². The van der Waals surface area contributed by atoms with Gasteiger partial charge in [-0.1, -0.05) is 30.9 Å². The number of hydrogen-bond acceptors (Lipinski definition) is 7. The molecule has 8 nitrogen and oxygen atoms in total. The highest BCUT2D eigenvalue weighted by Crippen LogP contribution is 2.32. The first-order chi connectivity index (χ1) is 14.1. The first kappa shape index (κ1) is 21.5. The van der Waals surface area contributed by atoms with Crippen molar-refractivity contribution in [1.29, 1.82) is 0 Å². The van der Waals surface area contributed by atoms with Crippen LogP contribution in [0.5, 0.6) is 0 Å². The maximum absolute atomic E-state index is 12.7. The molecule has 1 unspecified atom stereocenters. The van der Waals surface area contributed by atoms with Crippen molar-refractivity contribution in [3.8, 4) is 11.8 Å². The molecule has 0 bridgehead atoms. The molecule has 3 rings (SSSR count). The average Bonchev–Trinajstić information content (AvgIpc) is 2.67. The molecule has 2 aromatic rings. The number of ether oxygens (including phenoxy) is 1. The molecule has 1 atom stereocenters. The van der Waals surface area contributed by atoms with Crippen molar-refractivity contribution in [1.82, 2.24) is 5.06 Å². The molecule has 0 spiro atoms. The van der Waals surface area contributed by atoms with Crippen molar-refractivity contribution in [2.45, 2.75) is 32.8 Å². The fraction of sp³-hybridized carbons (Fsp3) is 0.286. The van der Waals surface area contributed by atoms with E-state index >= 15 is 0 Å². The van der Waals surface area contributed by atoms with Crippen molar-refractivity contribution < 1.29 is 31.8 Å². The van der Waals surface area contributed by atoms with E-state index in [1.54, 1.807) is 25.1 Å². The quantitative estimate of drug-likeness (QED) is 0.408. The topological polar surface area (TPSA) is 107 Å². The molecule has 30 heavy (non-hydrogen) atoms. The summed E-state index contributed by atoms with van der Waals surface area (Å²) in [6.45, 7) is 3.52. The third kappa shape index (κ3) is 4.35. The number of carbonyl (C=O) groups excluding carboxylic acids is 3. The number of imide groups is 1. The Hall–Kier alpha value is -3.22. The van der Waals surface area contributed by atoms with Gasteiger partial charge in [-0.3, -0.25) is 14.4 Å². The van der Waals surface area contributed by atoms with Gasteiger partial charge in [-0.25, -0.2) is 0 Å². The maximum atomic E-state index is 12.7. The highest BCUT2D eigenvalue weighted by atomic mass is 32.2. The molecular weight excluding hydrogens is 410 g/mol. The smallest absolute Gasteiger partial charge is 0.307 e. The third-order valence-corrected chi connectivity index (χ3v) is 4.67. The summed E-state index contributed by atoms with van der Waals surface area (Å²) in [7, 11) is -4.08. The molecule has 0 fully saturated rings. The number of hydrogen-bond donors (Lipinski definition) is 0. The highest BCUT2D eigenvalue weighted by molar-refractivity contribution is 7.85. The Balaban J connectivity index is 2.02. The normalized spacial score (nSPS) is 14.3. The van der Waals surface area contributed by atoms with Crippen LogP contribution < -0.4 is 0 Å². The Morgan fingerprint density at radius 1 is 1.13 bits per heavy atom. The lowest BCUT2D eigenvalue weighted by Crippen LogP contribution is -2.41. The summed E-state index contributed by atoms with van der Waals surface area (Å²) in [6.07, 6.45) is 1.10. The van der Waals surface area contributed by atoms with Gasteiger partial charge in [-0.15, -0.1) is 9.35 Å². The van der Waals surface area contributed by atoms with E-state index in [2.05, 4.69) is 16.1 Å². The monoisotopic (exact) mass is 429 g/mol. The van der Waals surface area contributed by atoms with E-state index in [9.17, 15) is 22.8 Å². The summed E-state index contributed by atoms with van der Waals surface area (Å²) in [5, 5.41) is 1.15. The van der Waals surface area contributed by atoms with Crippen molar-refractivity contribution in [3.63, 3.8) is 0 Å². The van der Waals surface area contributed by atoms with Gasteiger partial charge in [0.25, 0.3) is 21.9 Å². The van der Waals surface area contributed by atoms with Gasteiger partial charge >= 0.3 is 5.97 Å². The lowest BCUT2D eigenvalue weighted by atomic mass is 9.92. The molecule has 0 radical (unpaired) electrons. The van der Waals surface area contributed by atoms with E-state index < -0.39 is 28.0 Å². The fourth-order valence-electron chi connectivity index (χ4n) is 3.06. The van der Waals surface area contributed by atoms with Crippen LogP contribution >= 0.6 is 0 Å². The first-order valence-electron chi connectivity index (χ1n) is 9.17. The molecule has 0 N–H and O–H groups in total. The van der Waals surface area contributed by atoms with Gasteiger partial charge in [-0.2, -0.15) is 8.42 Å². The zero-order valence-electron chi connectivity index (χ0n) is 16.6. The average molecular weight is 429 g/mol. The minimum Gasteiger partial charge on any atom is -0.449 e. The molecule has 0 aliphatic carbocycles. The van der Waals surface area contributed by atoms with Gasteiger partial charge in [0.2, 0.25) is 0 Å². The van der Waals surface area contributed by atoms with Crippen LogP contribution in [-0.4, -0.2) is 43.6 Å². The van der Waals surface area contributed by atoms with Crippen molar-refractivity contribution in [2.75, 3.05) is 6.26 Å². The van der Waals surface area contributed by atoms with Crippen LogP contribution in [0.3, 0.4) is 0 Å². The zero-order valence-corrected chi connectivity index (χ0v) is 17.4. The van der Waals surface area contributed by atoms with Crippen LogP contribution in [0.2, 0.25) is 0 Å². The number of benzene rings is 2. The van der Waals surface area contributed by atoms with E-state index in [-0.39, 0.29) is 22.2 Å². The number of esters is 1. The summed E-state index contributed by atoms with van der Waals surface area (Å²) in [6, 6.07) is 7.82. The number of hydroxylamine groups is 2. The van der Waals surface area contributed by atoms with Gasteiger partial charge in [0.15, 0.2) is 6.10 Å². The van der Waals surface area contributed by atoms with Crippen molar-refractivity contribution in [2.24, 2.45) is 0 Å². The zero-order chi connectivity index (χ0) is 22.1. The van der Waals surface area contributed by atoms with Crippen LogP contribution in [0.1, 0.15) is 53.0 Å². The molecular formula is C21H19NO7S. The Morgan fingerprint density at radius 3 is 2.43 bits per heavy atom. The van der Waals surface area contributed by atoms with Gasteiger partial charge < -0.3 is 4.74 Å². The molecule has 2 aromatic carbocycles. The van der Waals surface area contributed by atoms with E-state index in [0.29, 0.717) is 29.2 Å². The van der Waals surface area contributed by atoms with Gasteiger partial charge in [0, 0.05) is 17.4 Å². The maximum Gasteiger partial charge on any atom is 0.307 e. The fourth-order valence-corrected chi connectivity index (χ4v) is 3.46. The van der Waals surface area contributed by atoms with E-state index in [1.807, 2.05) is 6.92 Å². The highest BCUT2D eigenvalue weighted by Gasteiger charge is 2.36. The number of nitrogens with zero attached hydrogens (tertiary/aromatic N) is 1. The Morgan fingerprint density at radius 2 is 1.80 bits per heavy atom. The summed E-state index contributed by atoms with van der Waals surface area (Å²) in [5.41, 5.74) is 0.778. The SMILES string of the molecule is CCCC(=O)OC(C)C#Cc1ccc2c3c(cccc13)C(=O)N(OS(C)(=O)=O)C2=O. The number of amides is 2. The minimum atomic E-state index is -4.08. The van der Waals surface area contributed by atoms with Crippen LogP contribution in [0.4, 0.5) is 0 Å². The molecule has 1 aliphatic rings. The second-order valence-corrected chi connectivity index (χ2v) is 8.28. The van der Waals surface area contributed by atoms with Crippen LogP contribution in [0.15, 0.2) is 30.3 Å². The summed E-state index contributed by atoms with van der Waals surface area (Å²) >= 11 is 0. The second kappa shape index (κ2) is 8.26. The Labute approximate surface area is 173 Å². The Bertz CT molecular complexity index is 1200. The lowest BCUT2D eigenvalue weighted by molar-refractivity contribution is -0.145. The van der Waals surface area contributed by atoms with Crippen LogP contribution in [0, 0.1) is 11.8 Å². The molecule has 2 amide bonds. The molecule has 156 valence electrons. The predicted molar refractivity (Wildman–Crippen MR) is 108 cm³/mol. The first-order valence-corrected chi connectivity index (χ1v) is 11.0. The van der Waals surface area contributed by atoms with E-state index in [0.717, 1.165) is 6.26 Å². The number of carbonyl (C=O) groups is 3. The van der Waals surface area contributed by atoms with Crippen LogP contribution in [-0.2, 0) is 23.9 Å². The Kier molecular flexibility index (Phi) is 5.92. The summed E-state index contributed by atoms with van der Waals surface area (Å²) in [4.78, 5) is 36.9. The van der Waals surface area contributed by atoms with E-state index in [4.69, 9.17) is 4.74 Å². The summed E-state index contributed by atoms with van der Waals surface area (Å²) in [5.74, 6) is 3.67. The van der Waals surface area contributed by atoms with E-state index in [1.165, 1.54) is 12.1 Å². The summed E-state index contributed by atoms with van der Waals surface area (Å²) < 4.78 is 32.7. The molecule has 1 aliphatic heterocycles. The third-order valence-electron chi connectivity index (χ3n) is 4.25. The molecule has 1 heterocycles. The number of rotatable bonds is 5. The van der Waals surface area contributed by atoms with Crippen LogP contribution in [0.25, 0.3) is 10.8 Å². The lowest BCUT2D eigenvalue weighted by Gasteiger charge is -2.25. The molecule has 0 aromatic heterocycles. The van der Waals surface area contributed by atoms with Gasteiger partial charge in [-0.05, 0) is 36.9 Å². The van der Waals surface area contributed by atoms with Crippen molar-refractivity contribution >= 4 is 38.7 Å². The van der Waals surface area contributed by atoms with Crippen molar-refractivity contribution in [3.05, 3.63) is 47.0 Å². The predicted octanol–water partition coefficient (Wildman–Crippen LogP) is 2.41. The van der Waals surface area contributed by atoms with Gasteiger partial charge in [0.1, 0.15) is 0 Å². The largest absolute Gasteiger partial charge is 0.449 e. The standard InChI is InChI=1S/C21H19NO7S/c1-4-6-18(23)28-13(2)9-10-14-11-12-17-19-15(14)7-5-8-16(19)20(24)22(21(17)25)29-30(3,26)27/h5,7-8,11-13H,4,6H2,1-3H3. The molecule has 9 heteroatoms. The second-order valence-electron chi connectivity index (χ2n) is 6.72. The molecule has 0 saturated heterocycles.